The molecule has 82 valence electrons. The van der Waals surface area contributed by atoms with Gasteiger partial charge in [0.2, 0.25) is 5.91 Å². The van der Waals surface area contributed by atoms with Crippen LogP contribution in [0.1, 0.15) is 20.3 Å². The maximum atomic E-state index is 11.6. The molecule has 0 aromatic carbocycles. The van der Waals surface area contributed by atoms with Gasteiger partial charge in [0.15, 0.2) is 0 Å². The molecule has 1 amide bonds. The van der Waals surface area contributed by atoms with Crippen molar-refractivity contribution in [2.45, 2.75) is 26.3 Å². The maximum absolute atomic E-state index is 11.6. The molecule has 0 aliphatic carbocycles. The van der Waals surface area contributed by atoms with Crippen molar-refractivity contribution in [3.63, 3.8) is 0 Å². The van der Waals surface area contributed by atoms with E-state index in [1.807, 2.05) is 11.8 Å². The molecule has 2 N–H and O–H groups in total. The Kier molecular flexibility index (Phi) is 4.35. The maximum Gasteiger partial charge on any atom is 0.248 e. The lowest BCUT2D eigenvalue weighted by molar-refractivity contribution is -0.138. The van der Waals surface area contributed by atoms with E-state index in [-0.39, 0.29) is 18.6 Å². The number of carbonyl (C=O) groups excluding carboxylic acids is 1. The van der Waals surface area contributed by atoms with Crippen molar-refractivity contribution in [2.75, 3.05) is 26.3 Å². The monoisotopic (exact) mass is 200 g/mol. The molecule has 1 heterocycles. The lowest BCUT2D eigenvalue weighted by atomic mass is 9.97. The molecule has 1 aliphatic heterocycles. The molecule has 0 bridgehead atoms. The van der Waals surface area contributed by atoms with Gasteiger partial charge in [0.05, 0.1) is 0 Å². The zero-order valence-electron chi connectivity index (χ0n) is 9.03. The van der Waals surface area contributed by atoms with E-state index in [1.54, 1.807) is 0 Å². The largest absolute Gasteiger partial charge is 0.372 e. The first-order valence-electron chi connectivity index (χ1n) is 5.24. The van der Waals surface area contributed by atoms with Gasteiger partial charge >= 0.3 is 0 Å². The van der Waals surface area contributed by atoms with Crippen LogP contribution >= 0.6 is 0 Å². The zero-order chi connectivity index (χ0) is 10.6. The van der Waals surface area contributed by atoms with Gasteiger partial charge in [-0.25, -0.2) is 0 Å². The molecule has 1 saturated heterocycles. The second-order valence-corrected chi connectivity index (χ2v) is 4.04. The van der Waals surface area contributed by atoms with Gasteiger partial charge in [-0.05, 0) is 19.3 Å². The average Bonchev–Trinajstić information content (AvgIpc) is 2.12. The van der Waals surface area contributed by atoms with E-state index in [9.17, 15) is 4.79 Å². The highest BCUT2D eigenvalue weighted by Crippen LogP contribution is 2.14. The van der Waals surface area contributed by atoms with Crippen LogP contribution in [0, 0.1) is 5.92 Å². The van der Waals surface area contributed by atoms with E-state index in [4.69, 9.17) is 10.5 Å². The summed E-state index contributed by atoms with van der Waals surface area (Å²) in [7, 11) is 0. The second-order valence-electron chi connectivity index (χ2n) is 4.04. The van der Waals surface area contributed by atoms with Gasteiger partial charge in [-0.1, -0.05) is 6.92 Å². The number of nitrogens with zero attached hydrogens (tertiary/aromatic N) is 1. The highest BCUT2D eigenvalue weighted by Gasteiger charge is 2.25. The molecule has 0 saturated carbocycles. The molecular weight excluding hydrogens is 180 g/mol. The van der Waals surface area contributed by atoms with E-state index < -0.39 is 0 Å². The van der Waals surface area contributed by atoms with Crippen LogP contribution in [0.25, 0.3) is 0 Å². The summed E-state index contributed by atoms with van der Waals surface area (Å²) < 4.78 is 5.09. The fraction of sp³-hybridized carbons (Fsp3) is 0.900. The highest BCUT2D eigenvalue weighted by molar-refractivity contribution is 5.77. The molecule has 4 nitrogen and oxygen atoms in total. The lowest BCUT2D eigenvalue weighted by Gasteiger charge is -2.34. The van der Waals surface area contributed by atoms with Crippen LogP contribution in [0.5, 0.6) is 0 Å². The number of nitrogens with two attached hydrogens (primary N) is 1. The molecule has 1 aliphatic rings. The molecule has 4 heteroatoms. The highest BCUT2D eigenvalue weighted by atomic mass is 16.5. The van der Waals surface area contributed by atoms with Gasteiger partial charge in [0, 0.05) is 25.7 Å². The Bertz CT molecular complexity index is 187. The van der Waals surface area contributed by atoms with Crippen LogP contribution in [-0.2, 0) is 9.53 Å². The Labute approximate surface area is 85.4 Å². The Balaban J connectivity index is 2.38. The van der Waals surface area contributed by atoms with E-state index in [2.05, 4.69) is 6.92 Å². The summed E-state index contributed by atoms with van der Waals surface area (Å²) in [6.07, 6.45) is 1.01. The minimum absolute atomic E-state index is 0.0638. The fourth-order valence-electron chi connectivity index (χ4n) is 1.88. The van der Waals surface area contributed by atoms with Crippen molar-refractivity contribution in [3.05, 3.63) is 0 Å². The van der Waals surface area contributed by atoms with Crippen LogP contribution in [0.15, 0.2) is 0 Å². The summed E-state index contributed by atoms with van der Waals surface area (Å²) in [5.74, 6) is 0.568. The number of rotatable bonds is 3. The van der Waals surface area contributed by atoms with Gasteiger partial charge < -0.3 is 15.4 Å². The van der Waals surface area contributed by atoms with Gasteiger partial charge in [0.25, 0.3) is 0 Å². The number of hydrogen-bond donors (Lipinski definition) is 1. The topological polar surface area (TPSA) is 55.6 Å². The second kappa shape index (κ2) is 5.32. The number of hydrogen-bond acceptors (Lipinski definition) is 3. The summed E-state index contributed by atoms with van der Waals surface area (Å²) in [5.41, 5.74) is 5.85. The van der Waals surface area contributed by atoms with Gasteiger partial charge in [0.1, 0.15) is 6.61 Å². The average molecular weight is 200 g/mol. The first-order valence-corrected chi connectivity index (χ1v) is 5.24. The molecule has 1 rings (SSSR count). The molecule has 2 atom stereocenters. The van der Waals surface area contributed by atoms with Crippen molar-refractivity contribution >= 4 is 5.91 Å². The first kappa shape index (κ1) is 11.5. The van der Waals surface area contributed by atoms with E-state index in [0.717, 1.165) is 13.0 Å². The van der Waals surface area contributed by atoms with Gasteiger partial charge in [-0.3, -0.25) is 4.79 Å². The predicted octanol–water partition coefficient (Wildman–Crippen LogP) is 0.219. The van der Waals surface area contributed by atoms with Crippen molar-refractivity contribution in [2.24, 2.45) is 11.7 Å². The minimum Gasteiger partial charge on any atom is -0.372 e. The summed E-state index contributed by atoms with van der Waals surface area (Å²) >= 11 is 0. The van der Waals surface area contributed by atoms with Gasteiger partial charge in [-0.2, -0.15) is 0 Å². The third-order valence-corrected chi connectivity index (χ3v) is 2.47. The number of likely N-dealkylation sites (tertiary alicyclic amines) is 1. The molecule has 0 aromatic rings. The van der Waals surface area contributed by atoms with Crippen molar-refractivity contribution in [1.29, 1.82) is 0 Å². The Morgan fingerprint density at radius 3 is 2.86 bits per heavy atom. The molecule has 0 aromatic heterocycles. The van der Waals surface area contributed by atoms with Crippen LogP contribution in [0.3, 0.4) is 0 Å². The normalized spacial score (nSPS) is 27.8. The lowest BCUT2D eigenvalue weighted by Crippen LogP contribution is -2.49. The molecule has 14 heavy (non-hydrogen) atoms. The first-order chi connectivity index (χ1) is 6.63. The van der Waals surface area contributed by atoms with Crippen molar-refractivity contribution in [3.8, 4) is 0 Å². The summed E-state index contributed by atoms with van der Waals surface area (Å²) in [6, 6.07) is 0.129. The molecule has 0 radical (unpaired) electrons. The summed E-state index contributed by atoms with van der Waals surface area (Å²) in [6.45, 7) is 6.28. The summed E-state index contributed by atoms with van der Waals surface area (Å²) in [4.78, 5) is 13.4. The van der Waals surface area contributed by atoms with E-state index in [1.165, 1.54) is 0 Å². The molecule has 1 fully saturated rings. The quantitative estimate of drug-likeness (QED) is 0.709. The third kappa shape index (κ3) is 3.27. The minimum atomic E-state index is 0.0638. The molecule has 2 unspecified atom stereocenters. The van der Waals surface area contributed by atoms with Crippen LogP contribution in [0.2, 0.25) is 0 Å². The van der Waals surface area contributed by atoms with Crippen LogP contribution < -0.4 is 5.73 Å². The van der Waals surface area contributed by atoms with E-state index in [0.29, 0.717) is 19.1 Å². The Morgan fingerprint density at radius 2 is 2.29 bits per heavy atom. The zero-order valence-corrected chi connectivity index (χ0v) is 9.03. The number of ether oxygens (including phenoxy) is 1. The standard InChI is InChI=1S/C10H20N2O2/c1-3-14-7-10(13)12-5-8(2)4-9(11)6-12/h8-9H,3-7,11H2,1-2H3. The molecule has 0 spiro atoms. The fourth-order valence-corrected chi connectivity index (χ4v) is 1.88. The Morgan fingerprint density at radius 1 is 1.57 bits per heavy atom. The summed E-state index contributed by atoms with van der Waals surface area (Å²) in [5, 5.41) is 0. The number of piperidine rings is 1. The smallest absolute Gasteiger partial charge is 0.248 e. The van der Waals surface area contributed by atoms with Crippen LogP contribution in [0.4, 0.5) is 0 Å². The predicted molar refractivity (Wildman–Crippen MR) is 54.8 cm³/mol. The molecular formula is C10H20N2O2. The Hall–Kier alpha value is -0.610. The van der Waals surface area contributed by atoms with E-state index >= 15 is 0 Å². The van der Waals surface area contributed by atoms with Crippen molar-refractivity contribution in [1.82, 2.24) is 4.90 Å². The third-order valence-electron chi connectivity index (χ3n) is 2.47. The van der Waals surface area contributed by atoms with Crippen LogP contribution in [-0.4, -0.2) is 43.2 Å². The number of carbonyl (C=O) groups is 1. The number of amides is 1. The van der Waals surface area contributed by atoms with Crippen molar-refractivity contribution < 1.29 is 9.53 Å². The SMILES string of the molecule is CCOCC(=O)N1CC(C)CC(N)C1. The van der Waals surface area contributed by atoms with Gasteiger partial charge in [-0.15, -0.1) is 0 Å².